The Labute approximate surface area is 231 Å². The molecule has 0 bridgehead atoms. The summed E-state index contributed by atoms with van der Waals surface area (Å²) in [6.07, 6.45) is 1.54. The van der Waals surface area contributed by atoms with Gasteiger partial charge in [0.2, 0.25) is 0 Å². The molecule has 190 valence electrons. The summed E-state index contributed by atoms with van der Waals surface area (Å²) < 4.78 is 12.7. The van der Waals surface area contributed by atoms with Gasteiger partial charge in [0.05, 0.1) is 0 Å². The van der Waals surface area contributed by atoms with E-state index in [2.05, 4.69) is 39.4 Å². The molecule has 4 aromatic rings. The van der Waals surface area contributed by atoms with Crippen molar-refractivity contribution in [2.45, 2.75) is 27.1 Å². The molecule has 0 aliphatic carbocycles. The molecule has 1 N–H and O–H groups in total. The van der Waals surface area contributed by atoms with Crippen LogP contribution in [0.2, 0.25) is 0 Å². The summed E-state index contributed by atoms with van der Waals surface area (Å²) in [6.45, 7) is 4.92. The van der Waals surface area contributed by atoms with Gasteiger partial charge in [-0.3, -0.25) is 4.79 Å². The molecule has 4 rings (SSSR count). The van der Waals surface area contributed by atoms with Crippen molar-refractivity contribution in [3.63, 3.8) is 0 Å². The van der Waals surface area contributed by atoms with Crippen LogP contribution in [0, 0.1) is 25.2 Å². The lowest BCUT2D eigenvalue weighted by molar-refractivity contribution is -0.112. The number of hydrogen-bond acceptors (Lipinski definition) is 4. The molecule has 0 heterocycles. The van der Waals surface area contributed by atoms with Crippen LogP contribution < -0.4 is 14.8 Å². The maximum Gasteiger partial charge on any atom is 0.266 e. The average molecular weight is 567 g/mol. The van der Waals surface area contributed by atoms with Crippen LogP contribution in [-0.2, 0) is 18.0 Å². The molecule has 0 saturated carbocycles. The second kappa shape index (κ2) is 12.8. The molecular formula is C32H27BrN2O3. The van der Waals surface area contributed by atoms with Crippen LogP contribution in [0.5, 0.6) is 11.5 Å². The van der Waals surface area contributed by atoms with E-state index >= 15 is 0 Å². The predicted molar refractivity (Wildman–Crippen MR) is 154 cm³/mol. The van der Waals surface area contributed by atoms with Gasteiger partial charge in [0, 0.05) is 15.7 Å². The van der Waals surface area contributed by atoms with Crippen LogP contribution >= 0.6 is 15.9 Å². The number of rotatable bonds is 9. The lowest BCUT2D eigenvalue weighted by atomic mass is 10.1. The summed E-state index contributed by atoms with van der Waals surface area (Å²) in [5, 5.41) is 12.5. The second-order valence-electron chi connectivity index (χ2n) is 8.89. The van der Waals surface area contributed by atoms with E-state index in [1.165, 1.54) is 17.2 Å². The van der Waals surface area contributed by atoms with E-state index in [1.807, 2.05) is 68.4 Å². The van der Waals surface area contributed by atoms with Gasteiger partial charge in [-0.1, -0.05) is 75.6 Å². The highest BCUT2D eigenvalue weighted by molar-refractivity contribution is 9.10. The van der Waals surface area contributed by atoms with Crippen molar-refractivity contribution in [3.8, 4) is 17.6 Å². The van der Waals surface area contributed by atoms with Crippen molar-refractivity contribution < 1.29 is 14.3 Å². The molecule has 5 nitrogen and oxygen atoms in total. The molecule has 0 aromatic heterocycles. The van der Waals surface area contributed by atoms with E-state index in [0.717, 1.165) is 15.6 Å². The molecule has 0 atom stereocenters. The molecule has 0 saturated heterocycles. The first-order valence-electron chi connectivity index (χ1n) is 12.1. The van der Waals surface area contributed by atoms with Crippen LogP contribution in [0.1, 0.15) is 27.8 Å². The Kier molecular flexibility index (Phi) is 8.97. The number of hydrogen-bond donors (Lipinski definition) is 1. The molecule has 0 unspecified atom stereocenters. The molecule has 1 amide bonds. The summed E-state index contributed by atoms with van der Waals surface area (Å²) in [4.78, 5) is 12.9. The van der Waals surface area contributed by atoms with Crippen LogP contribution in [0.15, 0.2) is 101 Å². The number of anilines is 1. The number of ether oxygens (including phenoxy) is 2. The van der Waals surface area contributed by atoms with Gasteiger partial charge in [-0.25, -0.2) is 0 Å². The summed E-state index contributed by atoms with van der Waals surface area (Å²) in [5.74, 6) is 0.751. The maximum atomic E-state index is 12.9. The van der Waals surface area contributed by atoms with E-state index in [0.29, 0.717) is 36.0 Å². The molecule has 4 aromatic carbocycles. The van der Waals surface area contributed by atoms with Gasteiger partial charge < -0.3 is 14.8 Å². The Bertz CT molecular complexity index is 1470. The lowest BCUT2D eigenvalue weighted by Crippen LogP contribution is -2.13. The van der Waals surface area contributed by atoms with Crippen molar-refractivity contribution in [2.24, 2.45) is 0 Å². The van der Waals surface area contributed by atoms with Gasteiger partial charge in [-0.05, 0) is 73.5 Å². The largest absolute Gasteiger partial charge is 0.489 e. The zero-order valence-corrected chi connectivity index (χ0v) is 22.8. The smallest absolute Gasteiger partial charge is 0.266 e. The van der Waals surface area contributed by atoms with Gasteiger partial charge in [0.1, 0.15) is 36.4 Å². The number of amides is 1. The zero-order valence-electron chi connectivity index (χ0n) is 21.2. The number of halogens is 1. The number of aryl methyl sites for hydroxylation is 2. The molecule has 0 radical (unpaired) electrons. The summed E-state index contributed by atoms with van der Waals surface area (Å²) in [6, 6.07) is 30.7. The highest BCUT2D eigenvalue weighted by atomic mass is 79.9. The fourth-order valence-electron chi connectivity index (χ4n) is 3.95. The highest BCUT2D eigenvalue weighted by Gasteiger charge is 2.13. The first kappa shape index (κ1) is 26.7. The van der Waals surface area contributed by atoms with Crippen LogP contribution in [0.4, 0.5) is 5.69 Å². The fourth-order valence-corrected chi connectivity index (χ4v) is 4.33. The van der Waals surface area contributed by atoms with Crippen molar-refractivity contribution in [1.82, 2.24) is 0 Å². The first-order chi connectivity index (χ1) is 18.4. The standard InChI is InChI=1S/C32H27BrN2O3/c1-22-14-23(2)16-25(15-22)21-38-31-13-8-28(33)18-26(31)17-27(19-34)32(36)35-29-9-11-30(12-10-29)37-20-24-6-4-3-5-7-24/h3-18H,20-21H2,1-2H3,(H,35,36)/b27-17+. The molecule has 0 spiro atoms. The van der Waals surface area contributed by atoms with Gasteiger partial charge in [0.15, 0.2) is 0 Å². The van der Waals surface area contributed by atoms with Crippen LogP contribution in [-0.4, -0.2) is 5.91 Å². The van der Waals surface area contributed by atoms with Gasteiger partial charge in [0.25, 0.3) is 5.91 Å². The van der Waals surface area contributed by atoms with E-state index < -0.39 is 5.91 Å². The number of carbonyl (C=O) groups is 1. The number of nitrogens with one attached hydrogen (secondary N) is 1. The van der Waals surface area contributed by atoms with Crippen molar-refractivity contribution in [2.75, 3.05) is 5.32 Å². The number of benzene rings is 4. The number of carbonyl (C=O) groups excluding carboxylic acids is 1. The maximum absolute atomic E-state index is 12.9. The van der Waals surface area contributed by atoms with Crippen molar-refractivity contribution in [1.29, 1.82) is 5.26 Å². The van der Waals surface area contributed by atoms with Gasteiger partial charge in [-0.2, -0.15) is 5.26 Å². The summed E-state index contributed by atoms with van der Waals surface area (Å²) >= 11 is 3.47. The third-order valence-electron chi connectivity index (χ3n) is 5.67. The normalized spacial score (nSPS) is 10.9. The monoisotopic (exact) mass is 566 g/mol. The Balaban J connectivity index is 1.44. The Morgan fingerprint density at radius 1 is 0.868 bits per heavy atom. The second-order valence-corrected chi connectivity index (χ2v) is 9.81. The van der Waals surface area contributed by atoms with Crippen LogP contribution in [0.3, 0.4) is 0 Å². The average Bonchev–Trinajstić information content (AvgIpc) is 2.91. The molecule has 0 fully saturated rings. The Morgan fingerprint density at radius 3 is 2.24 bits per heavy atom. The third kappa shape index (κ3) is 7.58. The third-order valence-corrected chi connectivity index (χ3v) is 6.17. The molecule has 0 aliphatic rings. The fraction of sp³-hybridized carbons (Fsp3) is 0.125. The molecule has 38 heavy (non-hydrogen) atoms. The minimum Gasteiger partial charge on any atom is -0.489 e. The zero-order chi connectivity index (χ0) is 26.9. The highest BCUT2D eigenvalue weighted by Crippen LogP contribution is 2.27. The topological polar surface area (TPSA) is 71.3 Å². The Hall–Kier alpha value is -4.34. The van der Waals surface area contributed by atoms with Crippen molar-refractivity contribution in [3.05, 3.63) is 129 Å². The first-order valence-corrected chi connectivity index (χ1v) is 12.9. The van der Waals surface area contributed by atoms with Crippen LogP contribution in [0.25, 0.3) is 6.08 Å². The summed E-state index contributed by atoms with van der Waals surface area (Å²) in [7, 11) is 0. The predicted octanol–water partition coefficient (Wildman–Crippen LogP) is 7.77. The van der Waals surface area contributed by atoms with Crippen molar-refractivity contribution >= 4 is 33.6 Å². The quantitative estimate of drug-likeness (QED) is 0.166. The molecular weight excluding hydrogens is 540 g/mol. The van der Waals surface area contributed by atoms with E-state index in [9.17, 15) is 10.1 Å². The minimum atomic E-state index is -0.509. The number of nitriles is 1. The lowest BCUT2D eigenvalue weighted by Gasteiger charge is -2.12. The van der Waals surface area contributed by atoms with Gasteiger partial charge in [-0.15, -0.1) is 0 Å². The summed E-state index contributed by atoms with van der Waals surface area (Å²) in [5.41, 5.74) is 5.60. The van der Waals surface area contributed by atoms with E-state index in [1.54, 1.807) is 24.3 Å². The Morgan fingerprint density at radius 2 is 1.55 bits per heavy atom. The van der Waals surface area contributed by atoms with Gasteiger partial charge >= 0.3 is 0 Å². The minimum absolute atomic E-state index is 0.0382. The SMILES string of the molecule is Cc1cc(C)cc(COc2ccc(Br)cc2/C=C(\C#N)C(=O)Nc2ccc(OCc3ccccc3)cc2)c1. The van der Waals surface area contributed by atoms with E-state index in [-0.39, 0.29) is 5.57 Å². The molecule has 0 aliphatic heterocycles. The van der Waals surface area contributed by atoms with E-state index in [4.69, 9.17) is 9.47 Å². The number of nitrogens with zero attached hydrogens (tertiary/aromatic N) is 1. The molecule has 6 heteroatoms.